The van der Waals surface area contributed by atoms with E-state index in [1.165, 1.54) is 5.56 Å². The summed E-state index contributed by atoms with van der Waals surface area (Å²) in [6.45, 7) is 7.18. The predicted molar refractivity (Wildman–Crippen MR) is 93.7 cm³/mol. The molecule has 0 aromatic heterocycles. The molecule has 24 heavy (non-hydrogen) atoms. The van der Waals surface area contributed by atoms with Gasteiger partial charge in [-0.25, -0.2) is 0 Å². The molecule has 0 spiro atoms. The molecule has 1 unspecified atom stereocenters. The quantitative estimate of drug-likeness (QED) is 0.580. The number of nitrogens with one attached hydrogen (secondary N) is 2. The van der Waals surface area contributed by atoms with E-state index in [1.54, 1.807) is 13.8 Å². The summed E-state index contributed by atoms with van der Waals surface area (Å²) >= 11 is 0. The van der Waals surface area contributed by atoms with Gasteiger partial charge in [0.2, 0.25) is 11.8 Å². The van der Waals surface area contributed by atoms with Gasteiger partial charge in [0.05, 0.1) is 6.61 Å². The minimum absolute atomic E-state index is 0.101. The summed E-state index contributed by atoms with van der Waals surface area (Å²) in [5, 5.41) is 24.2. The SMILES string of the molecule is CC(C)c1ccc(NC(=O)CCNC(=O)C(O)C(C)(C)CO)cc1. The molecule has 0 aliphatic carbocycles. The Kier molecular flexibility index (Phi) is 7.38. The van der Waals surface area contributed by atoms with E-state index in [-0.39, 0.29) is 25.5 Å². The highest BCUT2D eigenvalue weighted by Gasteiger charge is 2.32. The highest BCUT2D eigenvalue weighted by atomic mass is 16.3. The van der Waals surface area contributed by atoms with Gasteiger partial charge in [-0.1, -0.05) is 39.8 Å². The van der Waals surface area contributed by atoms with Crippen LogP contribution in [0.2, 0.25) is 0 Å². The van der Waals surface area contributed by atoms with Crippen LogP contribution in [-0.2, 0) is 9.59 Å². The van der Waals surface area contributed by atoms with E-state index in [4.69, 9.17) is 5.11 Å². The number of aliphatic hydroxyl groups excluding tert-OH is 2. The van der Waals surface area contributed by atoms with Crippen molar-refractivity contribution in [2.45, 2.75) is 46.1 Å². The fourth-order valence-corrected chi connectivity index (χ4v) is 2.01. The summed E-state index contributed by atoms with van der Waals surface area (Å²) in [5.74, 6) is -0.383. The molecule has 0 aliphatic heterocycles. The molecule has 2 amide bonds. The number of hydrogen-bond donors (Lipinski definition) is 4. The monoisotopic (exact) mass is 336 g/mol. The molecule has 0 aliphatic rings. The van der Waals surface area contributed by atoms with Crippen molar-refractivity contribution in [1.29, 1.82) is 0 Å². The predicted octanol–water partition coefficient (Wildman–Crippen LogP) is 1.63. The fraction of sp³-hybridized carbons (Fsp3) is 0.556. The van der Waals surface area contributed by atoms with Gasteiger partial charge in [0.15, 0.2) is 0 Å². The minimum atomic E-state index is -1.32. The number of rotatable bonds is 8. The van der Waals surface area contributed by atoms with Crippen LogP contribution in [0.25, 0.3) is 0 Å². The van der Waals surface area contributed by atoms with E-state index in [2.05, 4.69) is 24.5 Å². The first-order valence-corrected chi connectivity index (χ1v) is 8.14. The van der Waals surface area contributed by atoms with Crippen molar-refractivity contribution in [2.75, 3.05) is 18.5 Å². The topological polar surface area (TPSA) is 98.7 Å². The number of anilines is 1. The Labute approximate surface area is 143 Å². The Balaban J connectivity index is 2.40. The number of carbonyl (C=O) groups is 2. The van der Waals surface area contributed by atoms with E-state index in [0.717, 1.165) is 0 Å². The first-order valence-electron chi connectivity index (χ1n) is 8.14. The first kappa shape index (κ1) is 20.1. The van der Waals surface area contributed by atoms with Crippen molar-refractivity contribution in [2.24, 2.45) is 5.41 Å². The second kappa shape index (κ2) is 8.80. The summed E-state index contributed by atoms with van der Waals surface area (Å²) in [5.41, 5.74) is 0.975. The van der Waals surface area contributed by atoms with Crippen LogP contribution in [0, 0.1) is 5.41 Å². The zero-order valence-corrected chi connectivity index (χ0v) is 14.8. The lowest BCUT2D eigenvalue weighted by atomic mass is 9.87. The molecule has 0 saturated carbocycles. The van der Waals surface area contributed by atoms with E-state index >= 15 is 0 Å². The Morgan fingerprint density at radius 3 is 2.25 bits per heavy atom. The van der Waals surface area contributed by atoms with E-state index in [1.807, 2.05) is 24.3 Å². The molecule has 0 heterocycles. The highest BCUT2D eigenvalue weighted by Crippen LogP contribution is 2.19. The summed E-state index contributed by atoms with van der Waals surface area (Å²) in [4.78, 5) is 23.7. The number of benzene rings is 1. The molecule has 1 aromatic carbocycles. The minimum Gasteiger partial charge on any atom is -0.396 e. The van der Waals surface area contributed by atoms with Crippen LogP contribution in [-0.4, -0.2) is 41.3 Å². The Morgan fingerprint density at radius 1 is 1.17 bits per heavy atom. The van der Waals surface area contributed by atoms with Gasteiger partial charge in [-0.2, -0.15) is 0 Å². The smallest absolute Gasteiger partial charge is 0.249 e. The summed E-state index contributed by atoms with van der Waals surface area (Å²) < 4.78 is 0. The molecule has 4 N–H and O–H groups in total. The summed E-state index contributed by atoms with van der Waals surface area (Å²) in [7, 11) is 0. The molecule has 0 radical (unpaired) electrons. The second-order valence-electron chi connectivity index (χ2n) is 6.92. The molecule has 134 valence electrons. The maximum absolute atomic E-state index is 11.9. The number of carbonyl (C=O) groups excluding carboxylic acids is 2. The third-order valence-electron chi connectivity index (χ3n) is 3.91. The lowest BCUT2D eigenvalue weighted by Gasteiger charge is -2.27. The normalized spacial score (nSPS) is 12.8. The van der Waals surface area contributed by atoms with Crippen molar-refractivity contribution < 1.29 is 19.8 Å². The van der Waals surface area contributed by atoms with Crippen LogP contribution >= 0.6 is 0 Å². The highest BCUT2D eigenvalue weighted by molar-refractivity contribution is 5.91. The van der Waals surface area contributed by atoms with Crippen molar-refractivity contribution >= 4 is 17.5 Å². The molecule has 1 atom stereocenters. The van der Waals surface area contributed by atoms with E-state index < -0.39 is 17.4 Å². The number of hydrogen-bond acceptors (Lipinski definition) is 4. The van der Waals surface area contributed by atoms with Gasteiger partial charge in [-0.3, -0.25) is 9.59 Å². The lowest BCUT2D eigenvalue weighted by Crippen LogP contribution is -2.46. The van der Waals surface area contributed by atoms with Crippen molar-refractivity contribution in [3.8, 4) is 0 Å². The third-order valence-corrected chi connectivity index (χ3v) is 3.91. The fourth-order valence-electron chi connectivity index (χ4n) is 2.01. The Bertz CT molecular complexity index is 553. The average Bonchev–Trinajstić information content (AvgIpc) is 2.54. The van der Waals surface area contributed by atoms with Crippen molar-refractivity contribution in [3.05, 3.63) is 29.8 Å². The van der Waals surface area contributed by atoms with Crippen molar-refractivity contribution in [1.82, 2.24) is 5.32 Å². The maximum atomic E-state index is 11.9. The summed E-state index contributed by atoms with van der Waals surface area (Å²) in [6.07, 6.45) is -1.22. The molecule has 0 saturated heterocycles. The molecule has 0 fully saturated rings. The maximum Gasteiger partial charge on any atom is 0.249 e. The lowest BCUT2D eigenvalue weighted by molar-refractivity contribution is -0.137. The molecular weight excluding hydrogens is 308 g/mol. The molecule has 1 aromatic rings. The van der Waals surface area contributed by atoms with Gasteiger partial charge in [0.1, 0.15) is 6.10 Å². The van der Waals surface area contributed by atoms with Crippen LogP contribution in [0.1, 0.15) is 45.6 Å². The van der Waals surface area contributed by atoms with E-state index in [9.17, 15) is 14.7 Å². The number of aliphatic hydroxyl groups is 2. The van der Waals surface area contributed by atoms with Gasteiger partial charge < -0.3 is 20.8 Å². The standard InChI is InChI=1S/C18H28N2O4/c1-12(2)13-5-7-14(8-6-13)20-15(22)9-10-19-17(24)16(23)18(3,4)11-21/h5-8,12,16,21,23H,9-11H2,1-4H3,(H,19,24)(H,20,22). The van der Waals surface area contributed by atoms with E-state index in [0.29, 0.717) is 11.6 Å². The zero-order chi connectivity index (χ0) is 18.3. The van der Waals surface area contributed by atoms with Crippen LogP contribution in [0.5, 0.6) is 0 Å². The van der Waals surface area contributed by atoms with Crippen LogP contribution in [0.4, 0.5) is 5.69 Å². The Hall–Kier alpha value is -1.92. The van der Waals surface area contributed by atoms with Gasteiger partial charge >= 0.3 is 0 Å². The largest absolute Gasteiger partial charge is 0.396 e. The van der Waals surface area contributed by atoms with Gasteiger partial charge in [0.25, 0.3) is 0 Å². The number of amides is 2. The zero-order valence-electron chi connectivity index (χ0n) is 14.8. The van der Waals surface area contributed by atoms with Gasteiger partial charge in [-0.15, -0.1) is 0 Å². The van der Waals surface area contributed by atoms with Crippen LogP contribution < -0.4 is 10.6 Å². The first-order chi connectivity index (χ1) is 11.2. The van der Waals surface area contributed by atoms with Gasteiger partial charge in [0, 0.05) is 24.1 Å². The van der Waals surface area contributed by atoms with Gasteiger partial charge in [-0.05, 0) is 23.6 Å². The Morgan fingerprint density at radius 2 is 1.75 bits per heavy atom. The van der Waals surface area contributed by atoms with Crippen molar-refractivity contribution in [3.63, 3.8) is 0 Å². The average molecular weight is 336 g/mol. The van der Waals surface area contributed by atoms with Crippen LogP contribution in [0.15, 0.2) is 24.3 Å². The molecule has 6 nitrogen and oxygen atoms in total. The molecule has 6 heteroatoms. The second-order valence-corrected chi connectivity index (χ2v) is 6.92. The summed E-state index contributed by atoms with van der Waals surface area (Å²) in [6, 6.07) is 7.63. The van der Waals surface area contributed by atoms with Crippen LogP contribution in [0.3, 0.4) is 0 Å². The molecule has 0 bridgehead atoms. The third kappa shape index (κ3) is 5.94. The molecular formula is C18H28N2O4. The molecule has 1 rings (SSSR count).